The van der Waals surface area contributed by atoms with E-state index >= 15 is 0 Å². The van der Waals surface area contributed by atoms with Gasteiger partial charge in [0.1, 0.15) is 0 Å². The smallest absolute Gasteiger partial charge is 0.0202 e. The molecule has 0 heterocycles. The topological polar surface area (TPSA) is 12.0 Å². The summed E-state index contributed by atoms with van der Waals surface area (Å²) in [6.07, 6.45) is 9.54. The third kappa shape index (κ3) is 6.48. The molecule has 1 aromatic carbocycles. The highest BCUT2D eigenvalue weighted by atomic mass is 14.8. The molecule has 0 spiro atoms. The van der Waals surface area contributed by atoms with Gasteiger partial charge in [0, 0.05) is 6.54 Å². The van der Waals surface area contributed by atoms with Crippen molar-refractivity contribution in [1.29, 1.82) is 0 Å². The zero-order valence-electron chi connectivity index (χ0n) is 11.5. The molecule has 0 saturated heterocycles. The van der Waals surface area contributed by atoms with Crippen LogP contribution in [0.5, 0.6) is 0 Å². The Hall–Kier alpha value is -0.820. The van der Waals surface area contributed by atoms with Gasteiger partial charge in [0.15, 0.2) is 0 Å². The van der Waals surface area contributed by atoms with Crippen molar-refractivity contribution < 1.29 is 0 Å². The Morgan fingerprint density at radius 1 is 0.824 bits per heavy atom. The van der Waals surface area contributed by atoms with E-state index in [9.17, 15) is 0 Å². The van der Waals surface area contributed by atoms with Gasteiger partial charge in [-0.2, -0.15) is 0 Å². The molecule has 1 N–H and O–H groups in total. The second kappa shape index (κ2) is 9.23. The summed E-state index contributed by atoms with van der Waals surface area (Å²) in [5, 5.41) is 3.18. The minimum absolute atomic E-state index is 0.970. The van der Waals surface area contributed by atoms with Crippen LogP contribution < -0.4 is 5.32 Å². The molecule has 0 radical (unpaired) electrons. The van der Waals surface area contributed by atoms with Crippen LogP contribution in [0, 0.1) is 0 Å². The van der Waals surface area contributed by atoms with Crippen LogP contribution in [0.15, 0.2) is 24.3 Å². The number of hydrogen-bond acceptors (Lipinski definition) is 1. The average Bonchev–Trinajstić information content (AvgIpc) is 2.36. The molecule has 0 aromatic heterocycles. The molecule has 0 amide bonds. The van der Waals surface area contributed by atoms with Crippen LogP contribution in [0.25, 0.3) is 0 Å². The van der Waals surface area contributed by atoms with E-state index in [1.807, 2.05) is 7.05 Å². The van der Waals surface area contributed by atoms with Gasteiger partial charge >= 0.3 is 0 Å². The predicted octanol–water partition coefficient (Wildman–Crippen LogP) is 4.31. The second-order valence-electron chi connectivity index (χ2n) is 4.86. The summed E-state index contributed by atoms with van der Waals surface area (Å²) in [4.78, 5) is 0. The van der Waals surface area contributed by atoms with Gasteiger partial charge < -0.3 is 5.32 Å². The van der Waals surface area contributed by atoms with Crippen LogP contribution in [0.4, 0.5) is 0 Å². The molecule has 0 unspecified atom stereocenters. The first-order valence-electron chi connectivity index (χ1n) is 7.09. The van der Waals surface area contributed by atoms with Gasteiger partial charge in [-0.05, 0) is 31.0 Å². The number of hydrogen-bond donors (Lipinski definition) is 1. The minimum Gasteiger partial charge on any atom is -0.316 e. The number of benzene rings is 1. The van der Waals surface area contributed by atoms with Crippen LogP contribution in [-0.4, -0.2) is 7.05 Å². The fourth-order valence-corrected chi connectivity index (χ4v) is 2.14. The summed E-state index contributed by atoms with van der Waals surface area (Å²) in [5.74, 6) is 0. The fourth-order valence-electron chi connectivity index (χ4n) is 2.14. The SMILES string of the molecule is CCCCCCCCc1ccc(CNC)cc1. The Labute approximate surface area is 107 Å². The number of aryl methyl sites for hydroxylation is 1. The first-order valence-corrected chi connectivity index (χ1v) is 7.09. The quantitative estimate of drug-likeness (QED) is 0.627. The van der Waals surface area contributed by atoms with E-state index < -0.39 is 0 Å². The lowest BCUT2D eigenvalue weighted by molar-refractivity contribution is 0.607. The van der Waals surface area contributed by atoms with Gasteiger partial charge in [-0.25, -0.2) is 0 Å². The molecule has 1 nitrogen and oxygen atoms in total. The number of nitrogens with one attached hydrogen (secondary N) is 1. The van der Waals surface area contributed by atoms with Gasteiger partial charge in [-0.15, -0.1) is 0 Å². The van der Waals surface area contributed by atoms with E-state index in [2.05, 4.69) is 36.5 Å². The van der Waals surface area contributed by atoms with Crippen molar-refractivity contribution in [3.63, 3.8) is 0 Å². The first kappa shape index (κ1) is 14.2. The highest BCUT2D eigenvalue weighted by Crippen LogP contribution is 2.11. The number of rotatable bonds is 9. The van der Waals surface area contributed by atoms with Crippen LogP contribution in [0.1, 0.15) is 56.6 Å². The van der Waals surface area contributed by atoms with Crippen LogP contribution in [-0.2, 0) is 13.0 Å². The van der Waals surface area contributed by atoms with Crippen LogP contribution in [0.3, 0.4) is 0 Å². The zero-order chi connectivity index (χ0) is 12.3. The van der Waals surface area contributed by atoms with Gasteiger partial charge in [-0.3, -0.25) is 0 Å². The largest absolute Gasteiger partial charge is 0.316 e. The Kier molecular flexibility index (Phi) is 7.74. The van der Waals surface area contributed by atoms with E-state index in [4.69, 9.17) is 0 Å². The molecule has 0 aliphatic heterocycles. The maximum atomic E-state index is 3.18. The first-order chi connectivity index (χ1) is 8.36. The molecule has 0 fully saturated rings. The van der Waals surface area contributed by atoms with E-state index in [0.717, 1.165) is 6.54 Å². The van der Waals surface area contributed by atoms with Crippen LogP contribution >= 0.6 is 0 Å². The van der Waals surface area contributed by atoms with Crippen molar-refractivity contribution in [2.75, 3.05) is 7.05 Å². The summed E-state index contributed by atoms with van der Waals surface area (Å²) >= 11 is 0. The van der Waals surface area contributed by atoms with Gasteiger partial charge in [0.05, 0.1) is 0 Å². The minimum atomic E-state index is 0.970. The molecule has 1 heteroatoms. The van der Waals surface area contributed by atoms with Crippen molar-refractivity contribution in [2.45, 2.75) is 58.4 Å². The van der Waals surface area contributed by atoms with Crippen molar-refractivity contribution in [3.8, 4) is 0 Å². The molecule has 17 heavy (non-hydrogen) atoms. The van der Waals surface area contributed by atoms with E-state index in [-0.39, 0.29) is 0 Å². The van der Waals surface area contributed by atoms with Crippen molar-refractivity contribution in [3.05, 3.63) is 35.4 Å². The van der Waals surface area contributed by atoms with Gasteiger partial charge in [-0.1, -0.05) is 63.3 Å². The van der Waals surface area contributed by atoms with Crippen molar-refractivity contribution >= 4 is 0 Å². The third-order valence-electron chi connectivity index (χ3n) is 3.22. The maximum Gasteiger partial charge on any atom is 0.0202 e. The Morgan fingerprint density at radius 3 is 2.06 bits per heavy atom. The predicted molar refractivity (Wildman–Crippen MR) is 76.3 cm³/mol. The summed E-state index contributed by atoms with van der Waals surface area (Å²) in [6.45, 7) is 3.24. The third-order valence-corrected chi connectivity index (χ3v) is 3.22. The van der Waals surface area contributed by atoms with Crippen molar-refractivity contribution in [1.82, 2.24) is 5.32 Å². The summed E-state index contributed by atoms with van der Waals surface area (Å²) < 4.78 is 0. The summed E-state index contributed by atoms with van der Waals surface area (Å²) in [5.41, 5.74) is 2.86. The Bertz CT molecular complexity index is 276. The van der Waals surface area contributed by atoms with E-state index in [1.54, 1.807) is 0 Å². The molecule has 0 aliphatic carbocycles. The molecular weight excluding hydrogens is 206 g/mol. The fraction of sp³-hybridized carbons (Fsp3) is 0.625. The number of unbranched alkanes of at least 4 members (excludes halogenated alkanes) is 5. The highest BCUT2D eigenvalue weighted by Gasteiger charge is 1.95. The van der Waals surface area contributed by atoms with E-state index in [0.29, 0.717) is 0 Å². The molecule has 96 valence electrons. The summed E-state index contributed by atoms with van der Waals surface area (Å²) in [6, 6.07) is 9.03. The van der Waals surface area contributed by atoms with Gasteiger partial charge in [0.2, 0.25) is 0 Å². The Morgan fingerprint density at radius 2 is 1.41 bits per heavy atom. The maximum absolute atomic E-state index is 3.18. The highest BCUT2D eigenvalue weighted by molar-refractivity contribution is 5.22. The molecule has 1 rings (SSSR count). The van der Waals surface area contributed by atoms with E-state index in [1.165, 1.54) is 56.1 Å². The monoisotopic (exact) mass is 233 g/mol. The molecule has 0 bridgehead atoms. The lowest BCUT2D eigenvalue weighted by atomic mass is 10.0. The normalized spacial score (nSPS) is 10.7. The second-order valence-corrected chi connectivity index (χ2v) is 4.86. The molecule has 0 aliphatic rings. The van der Waals surface area contributed by atoms with Crippen LogP contribution in [0.2, 0.25) is 0 Å². The summed E-state index contributed by atoms with van der Waals surface area (Å²) in [7, 11) is 1.99. The molecule has 1 aromatic rings. The molecular formula is C16H27N. The lowest BCUT2D eigenvalue weighted by Gasteiger charge is -2.04. The Balaban J connectivity index is 2.14. The average molecular weight is 233 g/mol. The zero-order valence-corrected chi connectivity index (χ0v) is 11.5. The molecule has 0 saturated carbocycles. The standard InChI is InChI=1S/C16H27N/c1-3-4-5-6-7-8-9-15-10-12-16(13-11-15)14-17-2/h10-13,17H,3-9,14H2,1-2H3. The lowest BCUT2D eigenvalue weighted by Crippen LogP contribution is -2.04. The van der Waals surface area contributed by atoms with Crippen molar-refractivity contribution in [2.24, 2.45) is 0 Å². The molecule has 0 atom stereocenters. The van der Waals surface area contributed by atoms with Gasteiger partial charge in [0.25, 0.3) is 0 Å².